The van der Waals surface area contributed by atoms with Crippen LogP contribution >= 0.6 is 11.6 Å². The molecule has 1 N–H and O–H groups in total. The Morgan fingerprint density at radius 1 is 1.50 bits per heavy atom. The van der Waals surface area contributed by atoms with Gasteiger partial charge in [0.05, 0.1) is 5.02 Å². The second-order valence-electron chi connectivity index (χ2n) is 5.71. The first-order chi connectivity index (χ1) is 9.54. The van der Waals surface area contributed by atoms with Gasteiger partial charge in [-0.15, -0.1) is 0 Å². The highest BCUT2D eigenvalue weighted by Gasteiger charge is 2.29. The van der Waals surface area contributed by atoms with E-state index in [0.717, 1.165) is 25.8 Å². The maximum absolute atomic E-state index is 12.8. The molecule has 0 saturated carbocycles. The van der Waals surface area contributed by atoms with Gasteiger partial charge in [-0.25, -0.2) is 0 Å². The van der Waals surface area contributed by atoms with E-state index in [2.05, 4.69) is 0 Å². The summed E-state index contributed by atoms with van der Waals surface area (Å²) in [6, 6.07) is 2.09. The van der Waals surface area contributed by atoms with Crippen molar-refractivity contribution in [2.24, 2.45) is 0 Å². The highest BCUT2D eigenvalue weighted by Crippen LogP contribution is 2.25. The number of likely N-dealkylation sites (tertiary alicyclic amines) is 1. The van der Waals surface area contributed by atoms with E-state index in [1.807, 2.05) is 29.5 Å². The Hall–Kier alpha value is -1.00. The average molecular weight is 299 g/mol. The summed E-state index contributed by atoms with van der Waals surface area (Å²) in [7, 11) is 0. The summed E-state index contributed by atoms with van der Waals surface area (Å²) in [5.74, 6) is 0.0313. The van der Waals surface area contributed by atoms with E-state index >= 15 is 0 Å². The quantitative estimate of drug-likeness (QED) is 0.928. The standard InChI is InChI=1S/C15H23ClN2O2/c1-11(2)18-10-12(16)9-14(18)15(20)17-7-4-3-5-13(17)6-8-19/h9-11,13,19H,3-8H2,1-2H3. The molecule has 0 radical (unpaired) electrons. The number of aliphatic hydroxyl groups is 1. The third-order valence-electron chi connectivity index (χ3n) is 3.94. The third kappa shape index (κ3) is 3.18. The Bertz CT molecular complexity index is 468. The van der Waals surface area contributed by atoms with Crippen LogP contribution in [0.2, 0.25) is 5.02 Å². The molecule has 0 aliphatic carbocycles. The third-order valence-corrected chi connectivity index (χ3v) is 4.15. The molecular formula is C15H23ClN2O2. The first-order valence-corrected chi connectivity index (χ1v) is 7.71. The minimum Gasteiger partial charge on any atom is -0.396 e. The number of nitrogens with zero attached hydrogens (tertiary/aromatic N) is 2. The molecule has 1 aliphatic rings. The zero-order valence-corrected chi connectivity index (χ0v) is 12.9. The Morgan fingerprint density at radius 3 is 2.90 bits per heavy atom. The number of hydrogen-bond donors (Lipinski definition) is 1. The van der Waals surface area contributed by atoms with Gasteiger partial charge in [-0.2, -0.15) is 0 Å². The fraction of sp³-hybridized carbons (Fsp3) is 0.667. The first kappa shape index (κ1) is 15.4. The number of rotatable bonds is 4. The molecule has 1 fully saturated rings. The largest absolute Gasteiger partial charge is 0.396 e. The molecular weight excluding hydrogens is 276 g/mol. The fourth-order valence-electron chi connectivity index (χ4n) is 2.91. The lowest BCUT2D eigenvalue weighted by Gasteiger charge is -2.36. The Labute approximate surface area is 125 Å². The number of carbonyl (C=O) groups is 1. The van der Waals surface area contributed by atoms with E-state index in [1.54, 1.807) is 6.07 Å². The summed E-state index contributed by atoms with van der Waals surface area (Å²) in [5, 5.41) is 9.77. The van der Waals surface area contributed by atoms with Crippen LogP contribution in [-0.2, 0) is 0 Å². The van der Waals surface area contributed by atoms with Crippen LogP contribution in [0.4, 0.5) is 0 Å². The Balaban J connectivity index is 2.25. The number of hydrogen-bond acceptors (Lipinski definition) is 2. The lowest BCUT2D eigenvalue weighted by Crippen LogP contribution is -2.44. The van der Waals surface area contributed by atoms with E-state index in [-0.39, 0.29) is 24.6 Å². The van der Waals surface area contributed by atoms with E-state index < -0.39 is 0 Å². The Kier molecular flexibility index (Phi) is 5.11. The van der Waals surface area contributed by atoms with E-state index in [9.17, 15) is 9.90 Å². The van der Waals surface area contributed by atoms with Gasteiger partial charge in [0.1, 0.15) is 5.69 Å². The number of halogens is 1. The van der Waals surface area contributed by atoms with Crippen molar-refractivity contribution < 1.29 is 9.90 Å². The topological polar surface area (TPSA) is 45.5 Å². The minimum absolute atomic E-state index is 0.0313. The van der Waals surface area contributed by atoms with Crippen molar-refractivity contribution in [3.05, 3.63) is 23.0 Å². The molecule has 5 heteroatoms. The number of amides is 1. The summed E-state index contributed by atoms with van der Waals surface area (Å²) >= 11 is 6.06. The molecule has 4 nitrogen and oxygen atoms in total. The van der Waals surface area contributed by atoms with Crippen LogP contribution < -0.4 is 0 Å². The van der Waals surface area contributed by atoms with E-state index in [0.29, 0.717) is 17.1 Å². The highest BCUT2D eigenvalue weighted by atomic mass is 35.5. The molecule has 0 spiro atoms. The van der Waals surface area contributed by atoms with Gasteiger partial charge in [0, 0.05) is 31.4 Å². The van der Waals surface area contributed by atoms with Crippen molar-refractivity contribution in [1.29, 1.82) is 0 Å². The molecule has 0 aromatic carbocycles. The van der Waals surface area contributed by atoms with E-state index in [1.165, 1.54) is 0 Å². The second kappa shape index (κ2) is 6.64. The summed E-state index contributed by atoms with van der Waals surface area (Å²) < 4.78 is 1.93. The number of aliphatic hydroxyl groups excluding tert-OH is 1. The lowest BCUT2D eigenvalue weighted by molar-refractivity contribution is 0.0562. The molecule has 20 heavy (non-hydrogen) atoms. The summed E-state index contributed by atoms with van der Waals surface area (Å²) in [6.45, 7) is 4.97. The van der Waals surface area contributed by atoms with Crippen LogP contribution in [0.15, 0.2) is 12.3 Å². The predicted octanol–water partition coefficient (Wildman–Crippen LogP) is 3.10. The fourth-order valence-corrected chi connectivity index (χ4v) is 3.12. The van der Waals surface area contributed by atoms with Gasteiger partial charge in [0.25, 0.3) is 5.91 Å². The van der Waals surface area contributed by atoms with Crippen LogP contribution in [0.1, 0.15) is 56.1 Å². The van der Waals surface area contributed by atoms with Gasteiger partial charge in [-0.3, -0.25) is 4.79 Å². The minimum atomic E-state index is 0.0313. The summed E-state index contributed by atoms with van der Waals surface area (Å²) in [5.41, 5.74) is 0.648. The van der Waals surface area contributed by atoms with Gasteiger partial charge in [0.15, 0.2) is 0 Å². The van der Waals surface area contributed by atoms with Gasteiger partial charge in [-0.1, -0.05) is 11.6 Å². The van der Waals surface area contributed by atoms with Crippen molar-refractivity contribution in [2.75, 3.05) is 13.2 Å². The van der Waals surface area contributed by atoms with Crippen LogP contribution in [0, 0.1) is 0 Å². The van der Waals surface area contributed by atoms with Crippen molar-refractivity contribution in [2.45, 2.75) is 51.6 Å². The van der Waals surface area contributed by atoms with Crippen molar-refractivity contribution in [3.8, 4) is 0 Å². The van der Waals surface area contributed by atoms with Gasteiger partial charge in [-0.05, 0) is 45.6 Å². The smallest absolute Gasteiger partial charge is 0.270 e. The van der Waals surface area contributed by atoms with Gasteiger partial charge >= 0.3 is 0 Å². The molecule has 1 saturated heterocycles. The highest BCUT2D eigenvalue weighted by molar-refractivity contribution is 6.31. The number of aromatic nitrogens is 1. The van der Waals surface area contributed by atoms with Gasteiger partial charge in [0.2, 0.25) is 0 Å². The molecule has 1 amide bonds. The van der Waals surface area contributed by atoms with Crippen molar-refractivity contribution >= 4 is 17.5 Å². The van der Waals surface area contributed by atoms with Gasteiger partial charge < -0.3 is 14.6 Å². The molecule has 1 aromatic heterocycles. The van der Waals surface area contributed by atoms with Crippen LogP contribution in [0.25, 0.3) is 0 Å². The van der Waals surface area contributed by atoms with Crippen molar-refractivity contribution in [1.82, 2.24) is 9.47 Å². The monoisotopic (exact) mass is 298 g/mol. The predicted molar refractivity (Wildman–Crippen MR) is 80.2 cm³/mol. The number of carbonyl (C=O) groups excluding carboxylic acids is 1. The van der Waals surface area contributed by atoms with Crippen LogP contribution in [0.5, 0.6) is 0 Å². The SMILES string of the molecule is CC(C)n1cc(Cl)cc1C(=O)N1CCCCC1CCO. The normalized spacial score (nSPS) is 19.6. The van der Waals surface area contributed by atoms with E-state index in [4.69, 9.17) is 11.6 Å². The molecule has 1 atom stereocenters. The number of piperidine rings is 1. The second-order valence-corrected chi connectivity index (χ2v) is 6.14. The molecule has 1 aromatic rings. The average Bonchev–Trinajstić information content (AvgIpc) is 2.81. The lowest BCUT2D eigenvalue weighted by atomic mass is 9.99. The summed E-state index contributed by atoms with van der Waals surface area (Å²) in [4.78, 5) is 14.7. The van der Waals surface area contributed by atoms with Crippen LogP contribution in [0.3, 0.4) is 0 Å². The zero-order chi connectivity index (χ0) is 14.7. The molecule has 2 heterocycles. The molecule has 1 unspecified atom stereocenters. The van der Waals surface area contributed by atoms with Crippen LogP contribution in [-0.4, -0.2) is 39.7 Å². The Morgan fingerprint density at radius 2 is 2.25 bits per heavy atom. The first-order valence-electron chi connectivity index (χ1n) is 7.33. The maximum Gasteiger partial charge on any atom is 0.270 e. The molecule has 0 bridgehead atoms. The molecule has 2 rings (SSSR count). The summed E-state index contributed by atoms with van der Waals surface area (Å²) in [6.07, 6.45) is 5.60. The molecule has 1 aliphatic heterocycles. The maximum atomic E-state index is 12.8. The molecule has 112 valence electrons. The zero-order valence-electron chi connectivity index (χ0n) is 12.2. The van der Waals surface area contributed by atoms with Crippen molar-refractivity contribution in [3.63, 3.8) is 0 Å².